The van der Waals surface area contributed by atoms with Crippen LogP contribution < -0.4 is 0 Å². The number of hydrogen-bond acceptors (Lipinski definition) is 4. The lowest BCUT2D eigenvalue weighted by atomic mass is 9.92. The SMILES string of the molecule is c1ccc(-c2nc(-c3cccc4sc5ccccc5c34)nc(-n3c4ccccc4c4ccc5c6ccccc6n(-c6ccc(-c7ccc8c9ccccc9c9ccccc9c8c7)cc6)c5c43)n2)cc1. The van der Waals surface area contributed by atoms with Gasteiger partial charge in [0.15, 0.2) is 11.6 Å². The van der Waals surface area contributed by atoms with E-state index in [0.29, 0.717) is 17.6 Å². The number of thiophene rings is 1. The van der Waals surface area contributed by atoms with Crippen LogP contribution in [-0.4, -0.2) is 24.1 Å². The van der Waals surface area contributed by atoms with Gasteiger partial charge in [0, 0.05) is 58.5 Å². The van der Waals surface area contributed by atoms with Crippen LogP contribution >= 0.6 is 11.3 Å². The monoisotopic (exact) mass is 895 g/mol. The van der Waals surface area contributed by atoms with Crippen LogP contribution in [-0.2, 0) is 0 Å². The number of nitrogens with zero attached hydrogens (tertiary/aromatic N) is 5. The van der Waals surface area contributed by atoms with Crippen LogP contribution in [0.3, 0.4) is 0 Å². The van der Waals surface area contributed by atoms with Crippen molar-refractivity contribution in [3.8, 4) is 45.5 Å². The smallest absolute Gasteiger partial charge is 0.238 e. The minimum Gasteiger partial charge on any atom is -0.307 e. The average molecular weight is 896 g/mol. The van der Waals surface area contributed by atoms with Crippen molar-refractivity contribution in [2.75, 3.05) is 0 Å². The van der Waals surface area contributed by atoms with Gasteiger partial charge in [-0.15, -0.1) is 11.3 Å². The molecule has 0 amide bonds. The Morgan fingerprint density at radius 2 is 0.812 bits per heavy atom. The van der Waals surface area contributed by atoms with E-state index in [4.69, 9.17) is 15.0 Å². The van der Waals surface area contributed by atoms with Gasteiger partial charge in [0.25, 0.3) is 0 Å². The van der Waals surface area contributed by atoms with Crippen LogP contribution in [0, 0.1) is 0 Å². The highest BCUT2D eigenvalue weighted by Gasteiger charge is 2.24. The van der Waals surface area contributed by atoms with Gasteiger partial charge in [-0.1, -0.05) is 182 Å². The molecule has 0 saturated heterocycles. The normalized spacial score (nSPS) is 12.1. The number of hydrogen-bond donors (Lipinski definition) is 0. The highest BCUT2D eigenvalue weighted by Crippen LogP contribution is 2.44. The minimum absolute atomic E-state index is 0.567. The van der Waals surface area contributed by atoms with Gasteiger partial charge in [0.05, 0.1) is 22.1 Å². The molecule has 69 heavy (non-hydrogen) atoms. The fourth-order valence-electron chi connectivity index (χ4n) is 11.1. The first-order valence-corrected chi connectivity index (χ1v) is 24.2. The molecule has 320 valence electrons. The molecular weight excluding hydrogens is 859 g/mol. The molecule has 0 radical (unpaired) electrons. The predicted octanol–water partition coefficient (Wildman–Crippen LogP) is 16.9. The molecule has 0 bridgehead atoms. The van der Waals surface area contributed by atoms with E-state index >= 15 is 0 Å². The van der Waals surface area contributed by atoms with Crippen molar-refractivity contribution in [1.29, 1.82) is 0 Å². The number of aromatic nitrogens is 5. The summed E-state index contributed by atoms with van der Waals surface area (Å²) in [4.78, 5) is 16.2. The lowest BCUT2D eigenvalue weighted by Gasteiger charge is -2.14. The second-order valence-corrected chi connectivity index (χ2v) is 19.0. The van der Waals surface area contributed by atoms with Gasteiger partial charge in [-0.3, -0.25) is 4.57 Å². The minimum atomic E-state index is 0.567. The Balaban J connectivity index is 0.979. The Bertz CT molecular complexity index is 4560. The Labute approximate surface area is 399 Å². The van der Waals surface area contributed by atoms with Crippen LogP contribution in [0.25, 0.3) is 142 Å². The Hall–Kier alpha value is -8.97. The molecule has 0 aliphatic heterocycles. The van der Waals surface area contributed by atoms with Crippen LogP contribution in [0.2, 0.25) is 0 Å². The zero-order valence-corrected chi connectivity index (χ0v) is 37.8. The zero-order chi connectivity index (χ0) is 45.2. The largest absolute Gasteiger partial charge is 0.307 e. The topological polar surface area (TPSA) is 48.5 Å². The Morgan fingerprint density at radius 3 is 1.51 bits per heavy atom. The van der Waals surface area contributed by atoms with E-state index in [-0.39, 0.29) is 0 Å². The Kier molecular flexibility index (Phi) is 8.17. The summed E-state index contributed by atoms with van der Waals surface area (Å²) in [5.74, 6) is 1.83. The molecule has 11 aromatic carbocycles. The lowest BCUT2D eigenvalue weighted by molar-refractivity contribution is 0.954. The van der Waals surface area contributed by atoms with Crippen LogP contribution in [0.15, 0.2) is 224 Å². The lowest BCUT2D eigenvalue weighted by Crippen LogP contribution is -2.07. The summed E-state index contributed by atoms with van der Waals surface area (Å²) in [7, 11) is 0. The molecule has 0 aliphatic rings. The van der Waals surface area contributed by atoms with E-state index in [1.165, 1.54) is 58.1 Å². The standard InChI is InChI=1S/C63H37N5S/c1-2-15-39(16-3-1)61-64-62(52-24-14-28-57-58(52)51-23-10-13-27-56(51)69-57)66-63(65-61)68-55-26-12-9-22-48(55)50-36-35-49-47-21-8-11-25-54(47)67(59(49)60(50)68)41-32-29-38(30-33-41)40-31-34-46-44-19-5-4-17-42(44)43-18-6-7-20-45(43)53(46)37-40/h1-37H. The molecule has 6 heteroatoms. The van der Waals surface area contributed by atoms with Crippen LogP contribution in [0.4, 0.5) is 0 Å². The van der Waals surface area contributed by atoms with E-state index in [1.54, 1.807) is 11.3 Å². The quantitative estimate of drug-likeness (QED) is 0.162. The third-order valence-corrected chi connectivity index (χ3v) is 15.3. The fraction of sp³-hybridized carbons (Fsp3) is 0. The molecule has 15 aromatic rings. The fourth-order valence-corrected chi connectivity index (χ4v) is 12.3. The molecular formula is C63H37N5S. The van der Waals surface area contributed by atoms with Crippen molar-refractivity contribution in [3.63, 3.8) is 0 Å². The third kappa shape index (κ3) is 5.67. The molecule has 4 heterocycles. The second kappa shape index (κ2) is 14.8. The molecule has 0 unspecified atom stereocenters. The summed E-state index contributed by atoms with van der Waals surface area (Å²) in [5, 5.41) is 14.6. The second-order valence-electron chi connectivity index (χ2n) is 17.9. The van der Waals surface area contributed by atoms with Crippen molar-refractivity contribution in [2.45, 2.75) is 0 Å². The van der Waals surface area contributed by atoms with Gasteiger partial charge in [0.1, 0.15) is 0 Å². The highest BCUT2D eigenvalue weighted by atomic mass is 32.1. The first kappa shape index (κ1) is 38.2. The van der Waals surface area contributed by atoms with E-state index < -0.39 is 0 Å². The van der Waals surface area contributed by atoms with Crippen LogP contribution in [0.5, 0.6) is 0 Å². The first-order chi connectivity index (χ1) is 34.2. The van der Waals surface area contributed by atoms with E-state index in [2.05, 4.69) is 215 Å². The molecule has 4 aromatic heterocycles. The summed E-state index contributed by atoms with van der Waals surface area (Å²) in [6.45, 7) is 0. The van der Waals surface area contributed by atoms with Gasteiger partial charge in [-0.2, -0.15) is 9.97 Å². The summed E-state index contributed by atoms with van der Waals surface area (Å²) in [6, 6.07) is 80.9. The number of rotatable bonds is 5. The summed E-state index contributed by atoms with van der Waals surface area (Å²) >= 11 is 1.80. The van der Waals surface area contributed by atoms with E-state index in [9.17, 15) is 0 Å². The molecule has 15 rings (SSSR count). The van der Waals surface area contributed by atoms with Gasteiger partial charge < -0.3 is 4.57 Å². The van der Waals surface area contributed by atoms with Gasteiger partial charge in [-0.25, -0.2) is 4.98 Å². The van der Waals surface area contributed by atoms with Gasteiger partial charge in [-0.05, 0) is 85.9 Å². The summed E-state index contributed by atoms with van der Waals surface area (Å²) < 4.78 is 7.16. The maximum atomic E-state index is 5.51. The first-order valence-electron chi connectivity index (χ1n) is 23.4. The highest BCUT2D eigenvalue weighted by molar-refractivity contribution is 7.25. The summed E-state index contributed by atoms with van der Waals surface area (Å²) in [6.07, 6.45) is 0. The van der Waals surface area contributed by atoms with Crippen molar-refractivity contribution in [1.82, 2.24) is 24.1 Å². The number of fused-ring (bicyclic) bond motifs is 16. The number of benzene rings is 11. The number of para-hydroxylation sites is 2. The molecule has 0 N–H and O–H groups in total. The molecule has 0 spiro atoms. The molecule has 0 aliphatic carbocycles. The molecule has 0 atom stereocenters. The molecule has 0 saturated carbocycles. The third-order valence-electron chi connectivity index (χ3n) is 14.2. The van der Waals surface area contributed by atoms with Crippen molar-refractivity contribution in [3.05, 3.63) is 224 Å². The van der Waals surface area contributed by atoms with Crippen LogP contribution in [0.1, 0.15) is 0 Å². The van der Waals surface area contributed by atoms with Gasteiger partial charge >= 0.3 is 0 Å². The van der Waals surface area contributed by atoms with E-state index in [0.717, 1.165) is 66.0 Å². The average Bonchev–Trinajstić information content (AvgIpc) is 4.09. The maximum absolute atomic E-state index is 5.51. The molecule has 5 nitrogen and oxygen atoms in total. The van der Waals surface area contributed by atoms with E-state index in [1.807, 2.05) is 18.2 Å². The molecule has 0 fully saturated rings. The predicted molar refractivity (Wildman–Crippen MR) is 290 cm³/mol. The Morgan fingerprint density at radius 1 is 0.304 bits per heavy atom. The van der Waals surface area contributed by atoms with Crippen molar-refractivity contribution >= 4 is 107 Å². The van der Waals surface area contributed by atoms with Crippen molar-refractivity contribution in [2.24, 2.45) is 0 Å². The summed E-state index contributed by atoms with van der Waals surface area (Å²) in [5.41, 5.74) is 9.63. The zero-order valence-electron chi connectivity index (χ0n) is 37.0. The van der Waals surface area contributed by atoms with Crippen molar-refractivity contribution < 1.29 is 0 Å². The maximum Gasteiger partial charge on any atom is 0.238 e. The van der Waals surface area contributed by atoms with Gasteiger partial charge in [0.2, 0.25) is 5.95 Å².